The molecule has 4 aromatic rings. The van der Waals surface area contributed by atoms with Gasteiger partial charge in [-0.2, -0.15) is 17.5 Å². The molecule has 5 heterocycles. The number of pyridine rings is 1. The van der Waals surface area contributed by atoms with E-state index < -0.39 is 11.7 Å². The Labute approximate surface area is 192 Å². The molecule has 0 amide bonds. The Balaban J connectivity index is 1.58. The van der Waals surface area contributed by atoms with Gasteiger partial charge in [-0.05, 0) is 56.9 Å². The Bertz CT molecular complexity index is 1290. The van der Waals surface area contributed by atoms with Crippen molar-refractivity contribution >= 4 is 28.5 Å². The third-order valence-electron chi connectivity index (χ3n) is 5.81. The molecule has 0 saturated carbocycles. The zero-order valence-corrected chi connectivity index (χ0v) is 18.9. The summed E-state index contributed by atoms with van der Waals surface area (Å²) in [5, 5.41) is 6.99. The van der Waals surface area contributed by atoms with E-state index in [1.54, 1.807) is 6.07 Å². The topological polar surface area (TPSA) is 91.4 Å². The lowest BCUT2D eigenvalue weighted by atomic mass is 10.1. The minimum Gasteiger partial charge on any atom is -0.350 e. The van der Waals surface area contributed by atoms with Crippen LogP contribution >= 0.6 is 11.5 Å². The van der Waals surface area contributed by atoms with Crippen molar-refractivity contribution in [3.05, 3.63) is 40.7 Å². The monoisotopic (exact) mass is 473 g/mol. The van der Waals surface area contributed by atoms with Crippen LogP contribution in [-0.4, -0.2) is 43.4 Å². The van der Waals surface area contributed by atoms with Crippen molar-refractivity contribution in [2.45, 2.75) is 38.9 Å². The third-order valence-corrected chi connectivity index (χ3v) is 6.65. The van der Waals surface area contributed by atoms with Gasteiger partial charge >= 0.3 is 6.18 Å². The normalized spacial score (nSPS) is 16.9. The van der Waals surface area contributed by atoms with Gasteiger partial charge < -0.3 is 15.6 Å². The number of hydrogen-bond acceptors (Lipinski definition) is 7. The molecule has 1 aliphatic heterocycles. The summed E-state index contributed by atoms with van der Waals surface area (Å²) >= 11 is 1.40. The van der Waals surface area contributed by atoms with Crippen LogP contribution in [0.3, 0.4) is 0 Å². The first kappa shape index (κ1) is 21.8. The van der Waals surface area contributed by atoms with Crippen molar-refractivity contribution in [1.29, 1.82) is 0 Å². The average molecular weight is 474 g/mol. The molecule has 4 aromatic heterocycles. The third kappa shape index (κ3) is 4.18. The van der Waals surface area contributed by atoms with E-state index in [-0.39, 0.29) is 17.7 Å². The number of aromatic amines is 1. The highest BCUT2D eigenvalue weighted by Gasteiger charge is 2.36. The van der Waals surface area contributed by atoms with Gasteiger partial charge in [0.1, 0.15) is 11.2 Å². The van der Waals surface area contributed by atoms with Crippen molar-refractivity contribution in [2.24, 2.45) is 0 Å². The number of fused-ring (bicyclic) bond motifs is 1. The highest BCUT2D eigenvalue weighted by atomic mass is 32.1. The van der Waals surface area contributed by atoms with Crippen LogP contribution in [0.25, 0.3) is 33.5 Å². The number of nitrogens with zero attached hydrogens (tertiary/aromatic N) is 4. The van der Waals surface area contributed by atoms with Gasteiger partial charge in [0.2, 0.25) is 5.95 Å². The molecule has 0 aromatic carbocycles. The van der Waals surface area contributed by atoms with Crippen LogP contribution in [0, 0.1) is 13.8 Å². The van der Waals surface area contributed by atoms with Crippen molar-refractivity contribution in [3.8, 4) is 22.5 Å². The van der Waals surface area contributed by atoms with Crippen molar-refractivity contribution in [3.63, 3.8) is 0 Å². The van der Waals surface area contributed by atoms with Crippen LogP contribution < -0.4 is 10.6 Å². The number of nitrogens with one attached hydrogen (secondary N) is 3. The number of halogens is 3. The maximum Gasteiger partial charge on any atom is 0.419 e. The zero-order chi connectivity index (χ0) is 23.2. The first-order valence-corrected chi connectivity index (χ1v) is 11.4. The summed E-state index contributed by atoms with van der Waals surface area (Å²) in [5.74, 6) is 0.182. The largest absolute Gasteiger partial charge is 0.419 e. The van der Waals surface area contributed by atoms with Crippen LogP contribution in [0.2, 0.25) is 0 Å². The summed E-state index contributed by atoms with van der Waals surface area (Å²) in [5.41, 5.74) is 2.32. The van der Waals surface area contributed by atoms with Gasteiger partial charge in [0.05, 0.1) is 17.1 Å². The number of aryl methyl sites for hydroxylation is 2. The molecule has 1 atom stereocenters. The number of alkyl halides is 3. The van der Waals surface area contributed by atoms with Gasteiger partial charge in [0.15, 0.2) is 0 Å². The maximum atomic E-state index is 13.8. The summed E-state index contributed by atoms with van der Waals surface area (Å²) in [6.45, 7) is 5.54. The predicted octanol–water partition coefficient (Wildman–Crippen LogP) is 4.94. The van der Waals surface area contributed by atoms with E-state index in [0.717, 1.165) is 54.0 Å². The van der Waals surface area contributed by atoms with E-state index in [4.69, 9.17) is 0 Å². The summed E-state index contributed by atoms with van der Waals surface area (Å²) in [6, 6.07) is 3.66. The second kappa shape index (κ2) is 8.38. The lowest BCUT2D eigenvalue weighted by Crippen LogP contribution is -2.38. The molecule has 5 rings (SSSR count). The summed E-state index contributed by atoms with van der Waals surface area (Å²) in [7, 11) is 0. The SMILES string of the molecule is Cc1nsc(C)c1-c1ccc2c(-c3nc(N[C@H]4CCCNC4)ncc3C(F)(F)F)c[nH]c2n1. The van der Waals surface area contributed by atoms with E-state index >= 15 is 0 Å². The van der Waals surface area contributed by atoms with Crippen LogP contribution in [0.4, 0.5) is 19.1 Å². The molecule has 172 valence electrons. The number of hydrogen-bond donors (Lipinski definition) is 3. The molecule has 3 N–H and O–H groups in total. The standard InChI is InChI=1S/C22H22F3N7S/c1-11-18(12(2)33-32-11)17-6-5-14-15(9-27-20(14)30-17)19-16(22(23,24)25)10-28-21(31-19)29-13-4-3-7-26-8-13/h5-6,9-10,13,26H,3-4,7-8H2,1-2H3,(H,27,30)(H,28,29,31)/t13-/m0/s1. The molecule has 11 heteroatoms. The molecule has 7 nitrogen and oxygen atoms in total. The zero-order valence-electron chi connectivity index (χ0n) is 18.0. The summed E-state index contributed by atoms with van der Waals surface area (Å²) in [4.78, 5) is 17.0. The first-order valence-electron chi connectivity index (χ1n) is 10.6. The predicted molar refractivity (Wildman–Crippen MR) is 122 cm³/mol. The molecule has 0 aliphatic carbocycles. The Morgan fingerprint density at radius 2 is 2.03 bits per heavy atom. The Morgan fingerprint density at radius 1 is 1.18 bits per heavy atom. The number of anilines is 1. The molecule has 1 saturated heterocycles. The average Bonchev–Trinajstić information content (AvgIpc) is 3.35. The second-order valence-electron chi connectivity index (χ2n) is 8.14. The van der Waals surface area contributed by atoms with Gasteiger partial charge in [-0.25, -0.2) is 15.0 Å². The molecule has 0 spiro atoms. The molecule has 0 radical (unpaired) electrons. The molecular weight excluding hydrogens is 451 g/mol. The van der Waals surface area contributed by atoms with E-state index in [2.05, 4.69) is 34.9 Å². The van der Waals surface area contributed by atoms with E-state index in [9.17, 15) is 13.2 Å². The molecule has 1 aliphatic rings. The molecule has 0 unspecified atom stereocenters. The van der Waals surface area contributed by atoms with Crippen molar-refractivity contribution in [2.75, 3.05) is 18.4 Å². The molecular formula is C22H22F3N7S. The van der Waals surface area contributed by atoms with E-state index in [0.29, 0.717) is 16.6 Å². The summed E-state index contributed by atoms with van der Waals surface area (Å²) < 4.78 is 45.8. The van der Waals surface area contributed by atoms with Gasteiger partial charge in [-0.15, -0.1) is 0 Å². The van der Waals surface area contributed by atoms with Crippen LogP contribution in [-0.2, 0) is 6.18 Å². The van der Waals surface area contributed by atoms with Gasteiger partial charge in [0.25, 0.3) is 0 Å². The lowest BCUT2D eigenvalue weighted by molar-refractivity contribution is -0.137. The molecule has 0 bridgehead atoms. The second-order valence-corrected chi connectivity index (χ2v) is 9.11. The van der Waals surface area contributed by atoms with E-state index in [1.807, 2.05) is 19.9 Å². The highest BCUT2D eigenvalue weighted by Crippen LogP contribution is 2.39. The van der Waals surface area contributed by atoms with E-state index in [1.165, 1.54) is 17.7 Å². The van der Waals surface area contributed by atoms with Gasteiger partial charge in [-0.1, -0.05) is 0 Å². The van der Waals surface area contributed by atoms with Crippen molar-refractivity contribution in [1.82, 2.24) is 29.6 Å². The molecule has 33 heavy (non-hydrogen) atoms. The Kier molecular flexibility index (Phi) is 5.53. The lowest BCUT2D eigenvalue weighted by Gasteiger charge is -2.24. The minimum absolute atomic E-state index is 0.0706. The van der Waals surface area contributed by atoms with Crippen LogP contribution in [0.15, 0.2) is 24.5 Å². The fraction of sp³-hybridized carbons (Fsp3) is 0.364. The fourth-order valence-corrected chi connectivity index (χ4v) is 4.92. The minimum atomic E-state index is -4.59. The van der Waals surface area contributed by atoms with Crippen molar-refractivity contribution < 1.29 is 13.2 Å². The first-order chi connectivity index (χ1) is 15.8. The Hall–Kier alpha value is -3.05. The van der Waals surface area contributed by atoms with Gasteiger partial charge in [0, 0.05) is 46.4 Å². The quantitative estimate of drug-likeness (QED) is 0.389. The Morgan fingerprint density at radius 3 is 2.73 bits per heavy atom. The van der Waals surface area contributed by atoms with Crippen LogP contribution in [0.5, 0.6) is 0 Å². The number of piperidine rings is 1. The number of H-pyrrole nitrogens is 1. The van der Waals surface area contributed by atoms with Crippen LogP contribution in [0.1, 0.15) is 29.0 Å². The van der Waals surface area contributed by atoms with Gasteiger partial charge in [-0.3, -0.25) is 0 Å². The number of rotatable bonds is 4. The number of aromatic nitrogens is 5. The summed E-state index contributed by atoms with van der Waals surface area (Å²) in [6.07, 6.45) is -0.321. The highest BCUT2D eigenvalue weighted by molar-refractivity contribution is 7.06. The smallest absolute Gasteiger partial charge is 0.350 e. The fourth-order valence-electron chi connectivity index (χ4n) is 4.21. The molecule has 1 fully saturated rings. The maximum absolute atomic E-state index is 13.8.